The van der Waals surface area contributed by atoms with Gasteiger partial charge in [0.1, 0.15) is 18.5 Å². The highest BCUT2D eigenvalue weighted by atomic mass is 35.5. The zero-order valence-electron chi connectivity index (χ0n) is 17.1. The third-order valence-corrected chi connectivity index (χ3v) is 5.57. The first kappa shape index (κ1) is 21.5. The number of hydrogen-bond donors (Lipinski definition) is 3. The number of halogens is 1. The lowest BCUT2D eigenvalue weighted by Gasteiger charge is -2.37. The van der Waals surface area contributed by atoms with Crippen molar-refractivity contribution in [2.75, 3.05) is 38.5 Å². The Kier molecular flexibility index (Phi) is 6.99. The van der Waals surface area contributed by atoms with Crippen LogP contribution in [0, 0.1) is 0 Å². The number of piperazine rings is 1. The van der Waals surface area contributed by atoms with Gasteiger partial charge < -0.3 is 20.9 Å². The first-order valence-corrected chi connectivity index (χ1v) is 10.7. The third-order valence-electron chi connectivity index (χ3n) is 5.32. The van der Waals surface area contributed by atoms with Crippen LogP contribution < -0.4 is 15.8 Å². The van der Waals surface area contributed by atoms with Gasteiger partial charge in [-0.25, -0.2) is 9.97 Å². The largest absolute Gasteiger partial charge is 0.490 e. The van der Waals surface area contributed by atoms with Gasteiger partial charge in [-0.1, -0.05) is 35.9 Å². The van der Waals surface area contributed by atoms with E-state index in [1.165, 1.54) is 5.56 Å². The Balaban J connectivity index is 1.41. The Morgan fingerprint density at radius 2 is 2.00 bits per heavy atom. The molecule has 2 heterocycles. The molecular formula is C23H26ClN5O2. The number of β-amino-alcohol motifs (C(OH)–C–C–N with tert-alkyl or cyclic N) is 1. The van der Waals surface area contributed by atoms with E-state index in [-0.39, 0.29) is 18.6 Å². The van der Waals surface area contributed by atoms with Crippen molar-refractivity contribution in [3.63, 3.8) is 0 Å². The average molecular weight is 440 g/mol. The monoisotopic (exact) mass is 439 g/mol. The molecule has 1 aromatic heterocycles. The summed E-state index contributed by atoms with van der Waals surface area (Å²) in [6, 6.07) is 17.4. The second-order valence-corrected chi connectivity index (χ2v) is 7.96. The van der Waals surface area contributed by atoms with Gasteiger partial charge in [0.05, 0.1) is 5.69 Å². The molecule has 1 aliphatic heterocycles. The number of aromatic nitrogens is 2. The van der Waals surface area contributed by atoms with Gasteiger partial charge in [0.25, 0.3) is 0 Å². The van der Waals surface area contributed by atoms with E-state index in [9.17, 15) is 5.11 Å². The number of anilines is 1. The maximum Gasteiger partial charge on any atom is 0.220 e. The lowest BCUT2D eigenvalue weighted by atomic mass is 10.0. The van der Waals surface area contributed by atoms with Crippen molar-refractivity contribution in [3.8, 4) is 17.0 Å². The summed E-state index contributed by atoms with van der Waals surface area (Å²) in [5.74, 6) is 0.855. The highest BCUT2D eigenvalue weighted by Crippen LogP contribution is 2.29. The number of para-hydroxylation sites is 1. The normalized spacial score (nSPS) is 17.9. The maximum absolute atomic E-state index is 10.7. The van der Waals surface area contributed by atoms with Crippen molar-refractivity contribution in [1.82, 2.24) is 20.2 Å². The van der Waals surface area contributed by atoms with Gasteiger partial charge in [0, 0.05) is 49.0 Å². The topological polar surface area (TPSA) is 96.5 Å². The predicted molar refractivity (Wildman–Crippen MR) is 122 cm³/mol. The molecule has 1 aliphatic rings. The highest BCUT2D eigenvalue weighted by molar-refractivity contribution is 6.30. The van der Waals surface area contributed by atoms with E-state index in [4.69, 9.17) is 22.1 Å². The Morgan fingerprint density at radius 1 is 1.19 bits per heavy atom. The van der Waals surface area contributed by atoms with Gasteiger partial charge in [0.2, 0.25) is 5.95 Å². The van der Waals surface area contributed by atoms with E-state index < -0.39 is 6.10 Å². The zero-order valence-corrected chi connectivity index (χ0v) is 17.9. The van der Waals surface area contributed by atoms with Crippen LogP contribution in [0.15, 0.2) is 60.8 Å². The molecule has 8 heteroatoms. The molecule has 4 N–H and O–H groups in total. The van der Waals surface area contributed by atoms with Gasteiger partial charge in [-0.05, 0) is 35.9 Å². The Labute approximate surface area is 186 Å². The van der Waals surface area contributed by atoms with Crippen LogP contribution in [0.5, 0.6) is 5.75 Å². The summed E-state index contributed by atoms with van der Waals surface area (Å²) in [6.45, 7) is 3.25. The number of nitrogens with zero attached hydrogens (tertiary/aromatic N) is 3. The van der Waals surface area contributed by atoms with Crippen molar-refractivity contribution < 1.29 is 9.84 Å². The summed E-state index contributed by atoms with van der Waals surface area (Å²) >= 11 is 6.04. The fourth-order valence-electron chi connectivity index (χ4n) is 3.82. The van der Waals surface area contributed by atoms with Crippen LogP contribution in [0.25, 0.3) is 11.3 Å². The Hall–Kier alpha value is -2.71. The molecule has 4 rings (SSSR count). The molecule has 0 bridgehead atoms. The fourth-order valence-corrected chi connectivity index (χ4v) is 3.94. The van der Waals surface area contributed by atoms with Crippen LogP contribution in [-0.4, -0.2) is 58.9 Å². The number of benzene rings is 2. The number of nitrogens with two attached hydrogens (primary N) is 1. The standard InChI is InChI=1S/C23H26ClN5O2/c24-17-7-5-16(6-8-17)21-13-26-11-12-29(21)14-18(30)15-31-22-4-2-1-3-19(22)20-9-10-27-23(25)28-20/h1-10,18,21,26,30H,11-15H2,(H2,25,27,28). The van der Waals surface area contributed by atoms with E-state index in [1.54, 1.807) is 12.3 Å². The first-order chi connectivity index (χ1) is 15.1. The molecule has 0 saturated carbocycles. The SMILES string of the molecule is Nc1nccc(-c2ccccc2OCC(O)CN2CCNCC2c2ccc(Cl)cc2)n1. The lowest BCUT2D eigenvalue weighted by Crippen LogP contribution is -2.49. The van der Waals surface area contributed by atoms with Gasteiger partial charge in [-0.3, -0.25) is 4.90 Å². The Morgan fingerprint density at radius 3 is 2.81 bits per heavy atom. The van der Waals surface area contributed by atoms with Gasteiger partial charge in [0.15, 0.2) is 0 Å². The minimum atomic E-state index is -0.642. The number of aliphatic hydroxyl groups is 1. The second kappa shape index (κ2) is 10.1. The fraction of sp³-hybridized carbons (Fsp3) is 0.304. The quantitative estimate of drug-likeness (QED) is 0.520. The van der Waals surface area contributed by atoms with Gasteiger partial charge in [-0.15, -0.1) is 0 Å². The molecular weight excluding hydrogens is 414 g/mol. The van der Waals surface area contributed by atoms with Crippen LogP contribution in [0.4, 0.5) is 5.95 Å². The molecule has 162 valence electrons. The minimum Gasteiger partial charge on any atom is -0.490 e. The van der Waals surface area contributed by atoms with E-state index in [2.05, 4.69) is 20.2 Å². The average Bonchev–Trinajstić information content (AvgIpc) is 2.79. The summed E-state index contributed by atoms with van der Waals surface area (Å²) in [5, 5.41) is 14.9. The minimum absolute atomic E-state index is 0.175. The molecule has 2 atom stereocenters. The maximum atomic E-state index is 10.7. The molecule has 2 unspecified atom stereocenters. The van der Waals surface area contributed by atoms with Crippen molar-refractivity contribution >= 4 is 17.5 Å². The molecule has 7 nitrogen and oxygen atoms in total. The van der Waals surface area contributed by atoms with E-state index in [0.717, 1.165) is 30.2 Å². The smallest absolute Gasteiger partial charge is 0.220 e. The zero-order chi connectivity index (χ0) is 21.6. The summed E-state index contributed by atoms with van der Waals surface area (Å²) in [4.78, 5) is 10.5. The molecule has 0 spiro atoms. The van der Waals surface area contributed by atoms with Crippen LogP contribution >= 0.6 is 11.6 Å². The van der Waals surface area contributed by atoms with Crippen molar-refractivity contribution in [1.29, 1.82) is 0 Å². The molecule has 3 aromatic rings. The van der Waals surface area contributed by atoms with Crippen molar-refractivity contribution in [2.45, 2.75) is 12.1 Å². The van der Waals surface area contributed by atoms with E-state index in [1.807, 2.05) is 48.5 Å². The predicted octanol–water partition coefficient (Wildman–Crippen LogP) is 2.77. The lowest BCUT2D eigenvalue weighted by molar-refractivity contribution is 0.0438. The number of nitrogens with one attached hydrogen (secondary N) is 1. The van der Waals surface area contributed by atoms with Crippen LogP contribution in [0.3, 0.4) is 0 Å². The number of rotatable bonds is 7. The number of aliphatic hydroxyl groups excluding tert-OH is 1. The first-order valence-electron chi connectivity index (χ1n) is 10.3. The molecule has 0 amide bonds. The Bertz CT molecular complexity index is 1000. The molecule has 0 aliphatic carbocycles. The number of ether oxygens (including phenoxy) is 1. The van der Waals surface area contributed by atoms with E-state index >= 15 is 0 Å². The summed E-state index contributed by atoms with van der Waals surface area (Å²) in [6.07, 6.45) is 0.973. The third kappa shape index (κ3) is 5.51. The molecule has 0 radical (unpaired) electrons. The highest BCUT2D eigenvalue weighted by Gasteiger charge is 2.26. The van der Waals surface area contributed by atoms with Crippen molar-refractivity contribution in [2.24, 2.45) is 0 Å². The second-order valence-electron chi connectivity index (χ2n) is 7.53. The number of nitrogen functional groups attached to an aromatic ring is 1. The number of hydrogen-bond acceptors (Lipinski definition) is 7. The summed E-state index contributed by atoms with van der Waals surface area (Å²) < 4.78 is 5.98. The van der Waals surface area contributed by atoms with Crippen LogP contribution in [-0.2, 0) is 0 Å². The van der Waals surface area contributed by atoms with Crippen LogP contribution in [0.2, 0.25) is 5.02 Å². The molecule has 1 fully saturated rings. The molecule has 31 heavy (non-hydrogen) atoms. The summed E-state index contributed by atoms with van der Waals surface area (Å²) in [5.41, 5.74) is 8.39. The van der Waals surface area contributed by atoms with Gasteiger partial charge in [-0.2, -0.15) is 0 Å². The summed E-state index contributed by atoms with van der Waals surface area (Å²) in [7, 11) is 0. The van der Waals surface area contributed by atoms with Gasteiger partial charge >= 0.3 is 0 Å². The molecule has 2 aromatic carbocycles. The van der Waals surface area contributed by atoms with Crippen LogP contribution in [0.1, 0.15) is 11.6 Å². The molecule has 1 saturated heterocycles. The van der Waals surface area contributed by atoms with Crippen molar-refractivity contribution in [3.05, 3.63) is 71.4 Å². The van der Waals surface area contributed by atoms with E-state index in [0.29, 0.717) is 18.0 Å².